The minimum atomic E-state index is -0.255. The molecule has 1 aromatic carbocycles. The summed E-state index contributed by atoms with van der Waals surface area (Å²) in [6.07, 6.45) is 1.67. The van der Waals surface area contributed by atoms with E-state index in [1.807, 2.05) is 6.07 Å². The van der Waals surface area contributed by atoms with Gasteiger partial charge in [-0.05, 0) is 30.5 Å². The van der Waals surface area contributed by atoms with Crippen molar-refractivity contribution in [3.05, 3.63) is 29.1 Å². The molecule has 0 amide bonds. The zero-order chi connectivity index (χ0) is 8.72. The minimum absolute atomic E-state index is 0.138. The lowest BCUT2D eigenvalue weighted by Gasteiger charge is -2.06. The highest BCUT2D eigenvalue weighted by molar-refractivity contribution is 5.48. The summed E-state index contributed by atoms with van der Waals surface area (Å²) in [5.74, 6) is -0.255. The van der Waals surface area contributed by atoms with Gasteiger partial charge in [-0.15, -0.1) is 0 Å². The van der Waals surface area contributed by atoms with E-state index in [1.54, 1.807) is 0 Å². The first-order valence-electron chi connectivity index (χ1n) is 4.02. The molecule has 4 N–H and O–H groups in total. The molecule has 12 heavy (non-hydrogen) atoms. The number of nitrogen functional groups attached to an aromatic ring is 1. The minimum Gasteiger partial charge on any atom is -0.399 e. The summed E-state index contributed by atoms with van der Waals surface area (Å²) in [5.41, 5.74) is 13.3. The Labute approximate surface area is 70.4 Å². The molecule has 64 valence electrons. The third-order valence-corrected chi connectivity index (χ3v) is 2.33. The standard InChI is InChI=1S/C9H11FN2/c10-7-4-6(11)3-5-1-2-8(12)9(5)7/h3-4,8H,1-2,11-12H2. The predicted octanol–water partition coefficient (Wildman–Crippen LogP) is 1.35. The molecule has 1 atom stereocenters. The van der Waals surface area contributed by atoms with E-state index in [0.717, 1.165) is 18.4 Å². The van der Waals surface area contributed by atoms with Crippen molar-refractivity contribution in [1.29, 1.82) is 0 Å². The van der Waals surface area contributed by atoms with Crippen molar-refractivity contribution in [2.45, 2.75) is 18.9 Å². The highest BCUT2D eigenvalue weighted by Crippen LogP contribution is 2.32. The van der Waals surface area contributed by atoms with Crippen molar-refractivity contribution in [3.8, 4) is 0 Å². The molecule has 2 rings (SSSR count). The van der Waals surface area contributed by atoms with Gasteiger partial charge in [-0.1, -0.05) is 0 Å². The van der Waals surface area contributed by atoms with Crippen molar-refractivity contribution in [3.63, 3.8) is 0 Å². The van der Waals surface area contributed by atoms with Gasteiger partial charge in [0.1, 0.15) is 5.82 Å². The molecule has 1 aliphatic rings. The lowest BCUT2D eigenvalue weighted by Crippen LogP contribution is -2.07. The van der Waals surface area contributed by atoms with Crippen LogP contribution in [0.15, 0.2) is 12.1 Å². The molecule has 0 spiro atoms. The van der Waals surface area contributed by atoms with Crippen molar-refractivity contribution in [1.82, 2.24) is 0 Å². The Morgan fingerprint density at radius 3 is 2.92 bits per heavy atom. The van der Waals surface area contributed by atoms with E-state index in [0.29, 0.717) is 11.3 Å². The first kappa shape index (κ1) is 7.55. The van der Waals surface area contributed by atoms with Crippen LogP contribution in [0.4, 0.5) is 10.1 Å². The third-order valence-electron chi connectivity index (χ3n) is 2.33. The maximum Gasteiger partial charge on any atom is 0.130 e. The van der Waals surface area contributed by atoms with Gasteiger partial charge < -0.3 is 11.5 Å². The van der Waals surface area contributed by atoms with Crippen LogP contribution in [-0.4, -0.2) is 0 Å². The zero-order valence-corrected chi connectivity index (χ0v) is 6.68. The molecule has 0 bridgehead atoms. The molecule has 2 nitrogen and oxygen atoms in total. The molecule has 3 heteroatoms. The Hall–Kier alpha value is -1.09. The second kappa shape index (κ2) is 2.45. The maximum absolute atomic E-state index is 13.2. The van der Waals surface area contributed by atoms with Gasteiger partial charge in [0.25, 0.3) is 0 Å². The van der Waals surface area contributed by atoms with Crippen LogP contribution in [0.25, 0.3) is 0 Å². The number of benzene rings is 1. The van der Waals surface area contributed by atoms with E-state index in [4.69, 9.17) is 11.5 Å². The first-order chi connectivity index (χ1) is 5.68. The monoisotopic (exact) mass is 166 g/mol. The van der Waals surface area contributed by atoms with E-state index >= 15 is 0 Å². The Kier molecular flexibility index (Phi) is 1.54. The van der Waals surface area contributed by atoms with Gasteiger partial charge in [-0.2, -0.15) is 0 Å². The average molecular weight is 166 g/mol. The van der Waals surface area contributed by atoms with Gasteiger partial charge in [-0.3, -0.25) is 0 Å². The number of aryl methyl sites for hydroxylation is 1. The van der Waals surface area contributed by atoms with Crippen LogP contribution < -0.4 is 11.5 Å². The third kappa shape index (κ3) is 0.975. The molecule has 0 radical (unpaired) electrons. The molecule has 1 aromatic rings. The van der Waals surface area contributed by atoms with Crippen LogP contribution in [0, 0.1) is 5.82 Å². The molecule has 0 heterocycles. The summed E-state index contributed by atoms with van der Waals surface area (Å²) in [6, 6.07) is 3.01. The van der Waals surface area contributed by atoms with Gasteiger partial charge in [0.2, 0.25) is 0 Å². The number of hydrogen-bond donors (Lipinski definition) is 2. The van der Waals surface area contributed by atoms with E-state index in [9.17, 15) is 4.39 Å². The van der Waals surface area contributed by atoms with Crippen LogP contribution >= 0.6 is 0 Å². The summed E-state index contributed by atoms with van der Waals surface area (Å²) in [7, 11) is 0. The second-order valence-electron chi connectivity index (χ2n) is 3.22. The van der Waals surface area contributed by atoms with Gasteiger partial charge in [-0.25, -0.2) is 4.39 Å². The summed E-state index contributed by atoms with van der Waals surface area (Å²) < 4.78 is 13.2. The number of nitrogens with two attached hydrogens (primary N) is 2. The van der Waals surface area contributed by atoms with Gasteiger partial charge in [0, 0.05) is 17.3 Å². The number of fused-ring (bicyclic) bond motifs is 1. The Morgan fingerprint density at radius 2 is 2.17 bits per heavy atom. The van der Waals surface area contributed by atoms with Gasteiger partial charge in [0.05, 0.1) is 0 Å². The lowest BCUT2D eigenvalue weighted by atomic mass is 10.1. The molecule has 0 saturated heterocycles. The quantitative estimate of drug-likeness (QED) is 0.571. The fourth-order valence-electron chi connectivity index (χ4n) is 1.78. The lowest BCUT2D eigenvalue weighted by molar-refractivity contribution is 0.589. The molecule has 1 unspecified atom stereocenters. The van der Waals surface area contributed by atoms with Crippen molar-refractivity contribution in [2.24, 2.45) is 5.73 Å². The van der Waals surface area contributed by atoms with E-state index in [-0.39, 0.29) is 11.9 Å². The summed E-state index contributed by atoms with van der Waals surface area (Å²) in [6.45, 7) is 0. The van der Waals surface area contributed by atoms with Crippen LogP contribution in [0.5, 0.6) is 0 Å². The Bertz CT molecular complexity index is 323. The summed E-state index contributed by atoms with van der Waals surface area (Å²) in [5, 5.41) is 0. The van der Waals surface area contributed by atoms with Crippen LogP contribution in [0.3, 0.4) is 0 Å². The number of anilines is 1. The molecule has 1 aliphatic carbocycles. The van der Waals surface area contributed by atoms with Gasteiger partial charge in [0.15, 0.2) is 0 Å². The Balaban J connectivity index is 2.60. The molecule has 0 aliphatic heterocycles. The normalized spacial score (nSPS) is 21.0. The van der Waals surface area contributed by atoms with Crippen molar-refractivity contribution >= 4 is 5.69 Å². The molecular weight excluding hydrogens is 155 g/mol. The van der Waals surface area contributed by atoms with Crippen LogP contribution in [0.2, 0.25) is 0 Å². The summed E-state index contributed by atoms with van der Waals surface area (Å²) >= 11 is 0. The molecule has 0 fully saturated rings. The number of hydrogen-bond acceptors (Lipinski definition) is 2. The number of halogens is 1. The Morgan fingerprint density at radius 1 is 1.42 bits per heavy atom. The smallest absolute Gasteiger partial charge is 0.130 e. The SMILES string of the molecule is Nc1cc(F)c2c(c1)CCC2N. The fraction of sp³-hybridized carbons (Fsp3) is 0.333. The maximum atomic E-state index is 13.2. The van der Waals surface area contributed by atoms with Gasteiger partial charge >= 0.3 is 0 Å². The van der Waals surface area contributed by atoms with Crippen molar-refractivity contribution in [2.75, 3.05) is 5.73 Å². The predicted molar refractivity (Wildman–Crippen MR) is 46.1 cm³/mol. The van der Waals surface area contributed by atoms with E-state index in [2.05, 4.69) is 0 Å². The van der Waals surface area contributed by atoms with E-state index < -0.39 is 0 Å². The molecule has 0 aromatic heterocycles. The van der Waals surface area contributed by atoms with Crippen LogP contribution in [0.1, 0.15) is 23.6 Å². The highest BCUT2D eigenvalue weighted by atomic mass is 19.1. The first-order valence-corrected chi connectivity index (χ1v) is 4.02. The zero-order valence-electron chi connectivity index (χ0n) is 6.68. The van der Waals surface area contributed by atoms with E-state index in [1.165, 1.54) is 6.07 Å². The fourth-order valence-corrected chi connectivity index (χ4v) is 1.78. The second-order valence-corrected chi connectivity index (χ2v) is 3.22. The van der Waals surface area contributed by atoms with Crippen molar-refractivity contribution < 1.29 is 4.39 Å². The highest BCUT2D eigenvalue weighted by Gasteiger charge is 2.22. The molecule has 0 saturated carbocycles. The molecular formula is C9H11FN2. The summed E-state index contributed by atoms with van der Waals surface area (Å²) in [4.78, 5) is 0. The largest absolute Gasteiger partial charge is 0.399 e. The average Bonchev–Trinajstić information content (AvgIpc) is 2.31. The number of rotatable bonds is 0. The van der Waals surface area contributed by atoms with Crippen LogP contribution in [-0.2, 0) is 6.42 Å². The topological polar surface area (TPSA) is 52.0 Å².